The van der Waals surface area contributed by atoms with Crippen molar-refractivity contribution in [3.8, 4) is 17.1 Å². The number of furan rings is 1. The Kier molecular flexibility index (Phi) is 6.00. The number of ether oxygens (including phenoxy) is 1. The Morgan fingerprint density at radius 1 is 1.11 bits per heavy atom. The van der Waals surface area contributed by atoms with Gasteiger partial charge in [0, 0.05) is 41.4 Å². The van der Waals surface area contributed by atoms with Gasteiger partial charge in [0.05, 0.1) is 26.5 Å². The maximum absolute atomic E-state index is 13.4. The summed E-state index contributed by atoms with van der Waals surface area (Å²) in [7, 11) is 1.64. The highest BCUT2D eigenvalue weighted by Crippen LogP contribution is 2.28. The van der Waals surface area contributed by atoms with Crippen molar-refractivity contribution in [2.75, 3.05) is 13.7 Å². The fraction of sp³-hybridized carbons (Fsp3) is 0.276. The monoisotopic (exact) mass is 496 g/mol. The molecule has 2 aliphatic rings. The molecule has 4 aromatic rings. The van der Waals surface area contributed by atoms with E-state index in [2.05, 4.69) is 5.32 Å². The summed E-state index contributed by atoms with van der Waals surface area (Å²) in [5.41, 5.74) is 4.80. The average Bonchev–Trinajstić information content (AvgIpc) is 3.43. The van der Waals surface area contributed by atoms with Gasteiger partial charge in [-0.15, -0.1) is 0 Å². The van der Waals surface area contributed by atoms with Gasteiger partial charge in [-0.05, 0) is 54.8 Å². The van der Waals surface area contributed by atoms with Crippen molar-refractivity contribution < 1.29 is 18.7 Å². The van der Waals surface area contributed by atoms with Crippen molar-refractivity contribution in [2.45, 2.75) is 38.4 Å². The quantitative estimate of drug-likeness (QED) is 0.412. The number of carbonyl (C=O) groups is 2. The van der Waals surface area contributed by atoms with E-state index in [1.165, 1.54) is 0 Å². The molecule has 3 heterocycles. The molecule has 2 aromatic heterocycles. The van der Waals surface area contributed by atoms with E-state index in [-0.39, 0.29) is 17.9 Å². The Balaban J connectivity index is 1.26. The molecule has 2 aromatic carbocycles. The smallest absolute Gasteiger partial charge is 0.272 e. The molecule has 2 amide bonds. The van der Waals surface area contributed by atoms with Crippen LogP contribution >= 0.6 is 0 Å². The van der Waals surface area contributed by atoms with Crippen LogP contribution in [-0.2, 0) is 19.5 Å². The number of amides is 2. The lowest BCUT2D eigenvalue weighted by Gasteiger charge is -2.28. The maximum Gasteiger partial charge on any atom is 0.272 e. The summed E-state index contributed by atoms with van der Waals surface area (Å²) in [6.45, 7) is 1.43. The second-order valence-electron chi connectivity index (χ2n) is 9.56. The molecule has 0 atom stereocenters. The van der Waals surface area contributed by atoms with E-state index in [0.29, 0.717) is 37.3 Å². The predicted octanol–water partition coefficient (Wildman–Crippen LogP) is 4.29. The van der Waals surface area contributed by atoms with Gasteiger partial charge in [0.2, 0.25) is 0 Å². The summed E-state index contributed by atoms with van der Waals surface area (Å²) in [5.74, 6) is 1.31. The SMILES string of the molecule is COc1cccc(Cn2nc(C(=O)NC3CC3)c3c2CCN(C(=O)c2ccc(-c4ccco4)cc2)C3)c1. The number of hydrogen-bond donors (Lipinski definition) is 1. The molecule has 6 rings (SSSR count). The van der Waals surface area contributed by atoms with E-state index in [9.17, 15) is 9.59 Å². The van der Waals surface area contributed by atoms with Crippen LogP contribution in [0.15, 0.2) is 71.3 Å². The van der Waals surface area contributed by atoms with Gasteiger partial charge in [0.25, 0.3) is 11.8 Å². The summed E-state index contributed by atoms with van der Waals surface area (Å²) < 4.78 is 12.7. The molecule has 0 spiro atoms. The molecule has 8 nitrogen and oxygen atoms in total. The molecule has 1 fully saturated rings. The number of fused-ring (bicyclic) bond motifs is 1. The lowest BCUT2D eigenvalue weighted by atomic mass is 10.0. The first kappa shape index (κ1) is 23.1. The zero-order valence-electron chi connectivity index (χ0n) is 20.6. The molecule has 0 unspecified atom stereocenters. The van der Waals surface area contributed by atoms with Gasteiger partial charge in [-0.25, -0.2) is 0 Å². The number of aromatic nitrogens is 2. The Labute approximate surface area is 214 Å². The third-order valence-electron chi connectivity index (χ3n) is 6.95. The maximum atomic E-state index is 13.4. The number of rotatable bonds is 7. The second-order valence-corrected chi connectivity index (χ2v) is 9.56. The molecular formula is C29H28N4O4. The number of nitrogens with zero attached hydrogens (tertiary/aromatic N) is 3. The van der Waals surface area contributed by atoms with Crippen molar-refractivity contribution in [1.29, 1.82) is 0 Å². The Morgan fingerprint density at radius 3 is 2.68 bits per heavy atom. The first-order valence-electron chi connectivity index (χ1n) is 12.5. The average molecular weight is 497 g/mol. The Bertz CT molecular complexity index is 1440. The van der Waals surface area contributed by atoms with Crippen LogP contribution in [-0.4, -0.2) is 46.2 Å². The molecule has 1 aliphatic heterocycles. The molecule has 0 saturated heterocycles. The number of benzene rings is 2. The van der Waals surface area contributed by atoms with E-state index in [1.54, 1.807) is 18.3 Å². The minimum absolute atomic E-state index is 0.0641. The molecule has 1 saturated carbocycles. The van der Waals surface area contributed by atoms with Gasteiger partial charge in [-0.2, -0.15) is 5.10 Å². The first-order chi connectivity index (χ1) is 18.1. The predicted molar refractivity (Wildman–Crippen MR) is 137 cm³/mol. The first-order valence-corrected chi connectivity index (χ1v) is 12.5. The highest BCUT2D eigenvalue weighted by Gasteiger charge is 2.32. The van der Waals surface area contributed by atoms with Crippen molar-refractivity contribution in [2.24, 2.45) is 0 Å². The molecule has 8 heteroatoms. The Hall–Kier alpha value is -4.33. The summed E-state index contributed by atoms with van der Waals surface area (Å²) in [4.78, 5) is 28.3. The van der Waals surface area contributed by atoms with E-state index in [0.717, 1.165) is 46.7 Å². The number of methoxy groups -OCH3 is 1. The van der Waals surface area contributed by atoms with Crippen LogP contribution in [0.3, 0.4) is 0 Å². The Morgan fingerprint density at radius 2 is 1.95 bits per heavy atom. The lowest BCUT2D eigenvalue weighted by molar-refractivity contribution is 0.0730. The van der Waals surface area contributed by atoms with Crippen molar-refractivity contribution in [3.05, 3.63) is 95.0 Å². The fourth-order valence-corrected chi connectivity index (χ4v) is 4.80. The summed E-state index contributed by atoms with van der Waals surface area (Å²) in [6, 6.07) is 19.2. The number of carbonyl (C=O) groups excluding carboxylic acids is 2. The van der Waals surface area contributed by atoms with Gasteiger partial charge in [-0.1, -0.05) is 24.3 Å². The molecule has 1 aliphatic carbocycles. The molecular weight excluding hydrogens is 468 g/mol. The standard InChI is InChI=1S/C29H28N4O4/c1-36-23-5-2-4-19(16-23)17-33-25-13-14-32(18-24(25)27(31-33)28(34)30-22-11-12-22)29(35)21-9-7-20(8-10-21)26-6-3-15-37-26/h2-10,15-16,22H,11-14,17-18H2,1H3,(H,30,34). The third-order valence-corrected chi connectivity index (χ3v) is 6.95. The minimum Gasteiger partial charge on any atom is -0.497 e. The van der Waals surface area contributed by atoms with Crippen LogP contribution in [0.25, 0.3) is 11.3 Å². The van der Waals surface area contributed by atoms with Crippen LogP contribution in [0.2, 0.25) is 0 Å². The minimum atomic E-state index is -0.166. The van der Waals surface area contributed by atoms with Gasteiger partial charge in [0.1, 0.15) is 11.5 Å². The van der Waals surface area contributed by atoms with E-state index in [1.807, 2.05) is 65.3 Å². The van der Waals surface area contributed by atoms with Gasteiger partial charge >= 0.3 is 0 Å². The van der Waals surface area contributed by atoms with Crippen LogP contribution in [0.5, 0.6) is 5.75 Å². The van der Waals surface area contributed by atoms with E-state index < -0.39 is 0 Å². The summed E-state index contributed by atoms with van der Waals surface area (Å²) >= 11 is 0. The topological polar surface area (TPSA) is 89.6 Å². The van der Waals surface area contributed by atoms with Crippen LogP contribution < -0.4 is 10.1 Å². The largest absolute Gasteiger partial charge is 0.497 e. The highest BCUT2D eigenvalue weighted by molar-refractivity contribution is 5.96. The van der Waals surface area contributed by atoms with E-state index in [4.69, 9.17) is 14.3 Å². The zero-order chi connectivity index (χ0) is 25.4. The number of nitrogens with one attached hydrogen (secondary N) is 1. The van der Waals surface area contributed by atoms with Crippen LogP contribution in [0.4, 0.5) is 0 Å². The van der Waals surface area contributed by atoms with Crippen LogP contribution in [0, 0.1) is 0 Å². The molecule has 0 bridgehead atoms. The molecule has 37 heavy (non-hydrogen) atoms. The molecule has 1 N–H and O–H groups in total. The van der Waals surface area contributed by atoms with Gasteiger partial charge in [0.15, 0.2) is 5.69 Å². The molecule has 188 valence electrons. The summed E-state index contributed by atoms with van der Waals surface area (Å²) in [6.07, 6.45) is 4.25. The third kappa shape index (κ3) is 4.74. The lowest BCUT2D eigenvalue weighted by Crippen LogP contribution is -2.37. The van der Waals surface area contributed by atoms with Crippen LogP contribution in [0.1, 0.15) is 50.5 Å². The normalized spacial score (nSPS) is 14.8. The van der Waals surface area contributed by atoms with E-state index >= 15 is 0 Å². The zero-order valence-corrected chi connectivity index (χ0v) is 20.6. The molecule has 0 radical (unpaired) electrons. The van der Waals surface area contributed by atoms with Gasteiger partial charge in [-0.3, -0.25) is 14.3 Å². The van der Waals surface area contributed by atoms with Crippen molar-refractivity contribution >= 4 is 11.8 Å². The highest BCUT2D eigenvalue weighted by atomic mass is 16.5. The number of hydrogen-bond acceptors (Lipinski definition) is 5. The summed E-state index contributed by atoms with van der Waals surface area (Å²) in [5, 5.41) is 7.81. The second kappa shape index (κ2) is 9.61. The van der Waals surface area contributed by atoms with Gasteiger partial charge < -0.3 is 19.4 Å². The fourth-order valence-electron chi connectivity index (χ4n) is 4.80. The van der Waals surface area contributed by atoms with Crippen molar-refractivity contribution in [1.82, 2.24) is 20.0 Å². The van der Waals surface area contributed by atoms with Crippen molar-refractivity contribution in [3.63, 3.8) is 0 Å².